The van der Waals surface area contributed by atoms with Gasteiger partial charge in [-0.25, -0.2) is 0 Å². The van der Waals surface area contributed by atoms with Crippen LogP contribution in [0.25, 0.3) is 0 Å². The van der Waals surface area contributed by atoms with Crippen LogP contribution in [0.15, 0.2) is 30.3 Å². The van der Waals surface area contributed by atoms with Crippen molar-refractivity contribution in [1.29, 1.82) is 0 Å². The van der Waals surface area contributed by atoms with E-state index in [0.29, 0.717) is 12.1 Å². The third kappa shape index (κ3) is 3.82. The van der Waals surface area contributed by atoms with Gasteiger partial charge >= 0.3 is 0 Å². The molecule has 1 aromatic rings. The minimum atomic E-state index is 0.536. The molecule has 0 saturated heterocycles. The van der Waals surface area contributed by atoms with Gasteiger partial charge in [0.05, 0.1) is 6.10 Å². The van der Waals surface area contributed by atoms with Crippen LogP contribution in [0.4, 0.5) is 0 Å². The second kappa shape index (κ2) is 6.91. The number of benzene rings is 1. The lowest BCUT2D eigenvalue weighted by Crippen LogP contribution is -2.37. The summed E-state index contributed by atoms with van der Waals surface area (Å²) in [4.78, 5) is 0. The summed E-state index contributed by atoms with van der Waals surface area (Å²) in [5, 5.41) is 3.46. The van der Waals surface area contributed by atoms with Crippen LogP contribution in [0.5, 0.6) is 0 Å². The van der Waals surface area contributed by atoms with E-state index in [-0.39, 0.29) is 0 Å². The topological polar surface area (TPSA) is 21.3 Å². The van der Waals surface area contributed by atoms with E-state index < -0.39 is 0 Å². The molecule has 0 amide bonds. The van der Waals surface area contributed by atoms with E-state index in [9.17, 15) is 0 Å². The van der Waals surface area contributed by atoms with Gasteiger partial charge in [0.1, 0.15) is 0 Å². The minimum Gasteiger partial charge on any atom is -0.378 e. The van der Waals surface area contributed by atoms with Crippen LogP contribution < -0.4 is 5.32 Å². The van der Waals surface area contributed by atoms with E-state index in [0.717, 1.165) is 18.9 Å². The van der Waals surface area contributed by atoms with Crippen molar-refractivity contribution >= 4 is 0 Å². The molecule has 1 atom stereocenters. The fourth-order valence-corrected chi connectivity index (χ4v) is 2.84. The Bertz CT molecular complexity index is 332. The lowest BCUT2D eigenvalue weighted by molar-refractivity contribution is -0.0288. The molecule has 1 aliphatic rings. The average Bonchev–Trinajstić information content (AvgIpc) is 2.36. The minimum absolute atomic E-state index is 0.536. The van der Waals surface area contributed by atoms with Crippen LogP contribution in [-0.2, 0) is 11.2 Å². The largest absolute Gasteiger partial charge is 0.378 e. The fraction of sp³-hybridized carbons (Fsp3) is 0.625. The second-order valence-electron chi connectivity index (χ2n) is 5.33. The summed E-state index contributed by atoms with van der Waals surface area (Å²) in [7, 11) is 2.08. The maximum absolute atomic E-state index is 5.62. The summed E-state index contributed by atoms with van der Waals surface area (Å²) in [5.41, 5.74) is 1.43. The number of nitrogens with one attached hydrogen (secondary N) is 1. The third-order valence-electron chi connectivity index (χ3n) is 3.95. The number of hydrogen-bond acceptors (Lipinski definition) is 2. The Balaban J connectivity index is 1.74. The Morgan fingerprint density at radius 2 is 2.00 bits per heavy atom. The van der Waals surface area contributed by atoms with Gasteiger partial charge in [0.2, 0.25) is 0 Å². The molecule has 1 unspecified atom stereocenters. The predicted molar refractivity (Wildman–Crippen MR) is 75.7 cm³/mol. The SMILES string of the molecule is CCOC1CC(CC(Cc2ccccc2)NC)C1. The number of rotatable bonds is 7. The Morgan fingerprint density at radius 3 is 2.61 bits per heavy atom. The first-order valence-corrected chi connectivity index (χ1v) is 7.14. The van der Waals surface area contributed by atoms with Crippen LogP contribution in [0.1, 0.15) is 31.7 Å². The zero-order valence-corrected chi connectivity index (χ0v) is 11.6. The maximum Gasteiger partial charge on any atom is 0.0580 e. The van der Waals surface area contributed by atoms with Crippen molar-refractivity contribution in [3.8, 4) is 0 Å². The molecule has 1 fully saturated rings. The summed E-state index contributed by atoms with van der Waals surface area (Å²) >= 11 is 0. The average molecular weight is 247 g/mol. The van der Waals surface area contributed by atoms with Crippen molar-refractivity contribution < 1.29 is 4.74 Å². The summed E-state index contributed by atoms with van der Waals surface area (Å²) in [6.07, 6.45) is 5.44. The predicted octanol–water partition coefficient (Wildman–Crippen LogP) is 3.02. The highest BCUT2D eigenvalue weighted by atomic mass is 16.5. The van der Waals surface area contributed by atoms with Crippen LogP contribution in [0.2, 0.25) is 0 Å². The molecule has 0 bridgehead atoms. The van der Waals surface area contributed by atoms with Crippen molar-refractivity contribution in [3.63, 3.8) is 0 Å². The fourth-order valence-electron chi connectivity index (χ4n) is 2.84. The van der Waals surface area contributed by atoms with Gasteiger partial charge in [0.25, 0.3) is 0 Å². The quantitative estimate of drug-likeness (QED) is 0.799. The van der Waals surface area contributed by atoms with Gasteiger partial charge in [0.15, 0.2) is 0 Å². The summed E-state index contributed by atoms with van der Waals surface area (Å²) in [6, 6.07) is 11.4. The molecule has 1 aliphatic carbocycles. The Morgan fingerprint density at radius 1 is 1.28 bits per heavy atom. The van der Waals surface area contributed by atoms with Crippen molar-refractivity contribution in [2.75, 3.05) is 13.7 Å². The van der Waals surface area contributed by atoms with Crippen LogP contribution in [0, 0.1) is 5.92 Å². The summed E-state index contributed by atoms with van der Waals surface area (Å²) < 4.78 is 5.62. The molecule has 1 N–H and O–H groups in total. The molecule has 0 radical (unpaired) electrons. The van der Waals surface area contributed by atoms with E-state index in [2.05, 4.69) is 49.6 Å². The molecule has 0 spiro atoms. The van der Waals surface area contributed by atoms with Crippen LogP contribution >= 0.6 is 0 Å². The van der Waals surface area contributed by atoms with Gasteiger partial charge in [-0.05, 0) is 51.1 Å². The summed E-state index contributed by atoms with van der Waals surface area (Å²) in [5.74, 6) is 0.850. The Labute approximate surface area is 111 Å². The van der Waals surface area contributed by atoms with E-state index in [1.54, 1.807) is 0 Å². The second-order valence-corrected chi connectivity index (χ2v) is 5.33. The van der Waals surface area contributed by atoms with Gasteiger partial charge in [-0.3, -0.25) is 0 Å². The lowest BCUT2D eigenvalue weighted by atomic mass is 9.77. The van der Waals surface area contributed by atoms with Crippen molar-refractivity contribution in [2.24, 2.45) is 5.92 Å². The van der Waals surface area contributed by atoms with Crippen LogP contribution in [-0.4, -0.2) is 25.8 Å². The van der Waals surface area contributed by atoms with Gasteiger partial charge in [-0.15, -0.1) is 0 Å². The van der Waals surface area contributed by atoms with Crippen molar-refractivity contribution in [2.45, 2.75) is 44.8 Å². The molecule has 2 rings (SSSR count). The van der Waals surface area contributed by atoms with Gasteiger partial charge < -0.3 is 10.1 Å². The van der Waals surface area contributed by atoms with Gasteiger partial charge in [-0.1, -0.05) is 30.3 Å². The monoisotopic (exact) mass is 247 g/mol. The molecule has 0 aliphatic heterocycles. The molecule has 0 aromatic heterocycles. The van der Waals surface area contributed by atoms with E-state index >= 15 is 0 Å². The highest BCUT2D eigenvalue weighted by Gasteiger charge is 2.30. The smallest absolute Gasteiger partial charge is 0.0580 e. The number of ether oxygens (including phenoxy) is 1. The molecule has 1 saturated carbocycles. The molecular formula is C16H25NO. The third-order valence-corrected chi connectivity index (χ3v) is 3.95. The van der Waals surface area contributed by atoms with Crippen molar-refractivity contribution in [3.05, 3.63) is 35.9 Å². The normalized spacial score (nSPS) is 24.6. The van der Waals surface area contributed by atoms with Crippen molar-refractivity contribution in [1.82, 2.24) is 5.32 Å². The van der Waals surface area contributed by atoms with Gasteiger partial charge in [-0.2, -0.15) is 0 Å². The zero-order chi connectivity index (χ0) is 12.8. The molecule has 2 heteroatoms. The first kappa shape index (κ1) is 13.6. The van der Waals surface area contributed by atoms with Crippen LogP contribution in [0.3, 0.4) is 0 Å². The lowest BCUT2D eigenvalue weighted by Gasteiger charge is -2.37. The standard InChI is InChI=1S/C16H25NO/c1-3-18-16-11-14(12-16)10-15(17-2)9-13-7-5-4-6-8-13/h4-8,14-17H,3,9-12H2,1-2H3. The first-order chi connectivity index (χ1) is 8.81. The molecule has 100 valence electrons. The molecule has 0 heterocycles. The highest BCUT2D eigenvalue weighted by molar-refractivity contribution is 5.15. The number of hydrogen-bond donors (Lipinski definition) is 1. The Kier molecular flexibility index (Phi) is 5.21. The molecule has 1 aromatic carbocycles. The molecule has 18 heavy (non-hydrogen) atoms. The van der Waals surface area contributed by atoms with E-state index in [4.69, 9.17) is 4.74 Å². The zero-order valence-electron chi connectivity index (χ0n) is 11.6. The van der Waals surface area contributed by atoms with E-state index in [1.165, 1.54) is 24.8 Å². The summed E-state index contributed by atoms with van der Waals surface area (Å²) in [6.45, 7) is 2.94. The Hall–Kier alpha value is -0.860. The first-order valence-electron chi connectivity index (χ1n) is 7.14. The maximum atomic E-state index is 5.62. The van der Waals surface area contributed by atoms with E-state index in [1.807, 2.05) is 0 Å². The van der Waals surface area contributed by atoms with Gasteiger partial charge in [0, 0.05) is 12.6 Å². The molecule has 2 nitrogen and oxygen atoms in total. The number of likely N-dealkylation sites (N-methyl/N-ethyl adjacent to an activating group) is 1. The highest BCUT2D eigenvalue weighted by Crippen LogP contribution is 2.33. The molecular weight excluding hydrogens is 222 g/mol.